The highest BCUT2D eigenvalue weighted by atomic mass is 16.5. The Morgan fingerprint density at radius 1 is 1.00 bits per heavy atom. The molecule has 1 aromatic carbocycles. The number of nitrogens with one attached hydrogen (secondary N) is 2. The highest BCUT2D eigenvalue weighted by Gasteiger charge is 2.32. The number of benzene rings is 1. The molecule has 0 spiro atoms. The molecule has 2 bridgehead atoms. The molecule has 0 saturated carbocycles. The number of aliphatic hydroxyl groups is 1. The van der Waals surface area contributed by atoms with Crippen LogP contribution in [0.5, 0.6) is 0 Å². The fourth-order valence-corrected chi connectivity index (χ4v) is 6.37. The highest BCUT2D eigenvalue weighted by Crippen LogP contribution is 2.32. The zero-order valence-electron chi connectivity index (χ0n) is 29.7. The molecule has 1 aliphatic carbocycles. The zero-order valence-corrected chi connectivity index (χ0v) is 29.7. The van der Waals surface area contributed by atoms with Crippen LogP contribution in [0.15, 0.2) is 82.6 Å². The molecule has 11 heteroatoms. The summed E-state index contributed by atoms with van der Waals surface area (Å²) in [6, 6.07) is 5.65. The highest BCUT2D eigenvalue weighted by molar-refractivity contribution is 6.24. The molecule has 268 valence electrons. The third kappa shape index (κ3) is 10.8. The van der Waals surface area contributed by atoms with E-state index in [4.69, 9.17) is 9.84 Å². The van der Waals surface area contributed by atoms with Crippen molar-refractivity contribution in [1.82, 2.24) is 5.32 Å². The number of amides is 2. The van der Waals surface area contributed by atoms with E-state index in [1.54, 1.807) is 25.2 Å². The number of Topliss-reactive ketones (excluding diaryl/α,β-unsaturated/α-hetero) is 1. The average molecular weight is 689 g/mol. The van der Waals surface area contributed by atoms with Crippen molar-refractivity contribution in [2.45, 2.75) is 86.4 Å². The molecule has 0 radical (unpaired) electrons. The van der Waals surface area contributed by atoms with Gasteiger partial charge in [-0.25, -0.2) is 4.79 Å². The molecule has 6 atom stereocenters. The molecule has 0 fully saturated rings. The van der Waals surface area contributed by atoms with E-state index in [1.807, 2.05) is 40.7 Å². The van der Waals surface area contributed by atoms with Crippen LogP contribution in [-0.4, -0.2) is 57.7 Å². The first-order chi connectivity index (χ1) is 23.5. The first-order valence-electron chi connectivity index (χ1n) is 16.8. The quantitative estimate of drug-likeness (QED) is 0.168. The maximum atomic E-state index is 13.9. The van der Waals surface area contributed by atoms with E-state index >= 15 is 0 Å². The van der Waals surface area contributed by atoms with E-state index < -0.39 is 47.5 Å². The van der Waals surface area contributed by atoms with Gasteiger partial charge in [0, 0.05) is 53.7 Å². The van der Waals surface area contributed by atoms with Gasteiger partial charge in [-0.2, -0.15) is 0 Å². The first-order valence-corrected chi connectivity index (χ1v) is 16.8. The maximum Gasteiger partial charge on any atom is 0.335 e. The number of esters is 1. The molecule has 3 rings (SSSR count). The lowest BCUT2D eigenvalue weighted by molar-refractivity contribution is -0.146. The third-order valence-electron chi connectivity index (χ3n) is 9.03. The molecule has 1 aliphatic heterocycles. The average Bonchev–Trinajstić information content (AvgIpc) is 3.04. The number of allylic oxidation sites excluding steroid dienone is 5. The second-order valence-corrected chi connectivity index (χ2v) is 13.5. The topological polar surface area (TPSA) is 176 Å². The Hall–Kier alpha value is -4.90. The molecular formula is C39H48N2O9. The number of carboxylic acid groups (broad SMARTS) is 1. The van der Waals surface area contributed by atoms with Gasteiger partial charge in [0.1, 0.15) is 6.10 Å². The van der Waals surface area contributed by atoms with E-state index in [0.717, 1.165) is 11.6 Å². The van der Waals surface area contributed by atoms with Crippen LogP contribution >= 0.6 is 0 Å². The normalized spacial score (nSPS) is 28.3. The van der Waals surface area contributed by atoms with E-state index in [0.29, 0.717) is 12.1 Å². The van der Waals surface area contributed by atoms with Gasteiger partial charge in [0.25, 0.3) is 5.91 Å². The molecule has 4 N–H and O–H groups in total. The van der Waals surface area contributed by atoms with Crippen molar-refractivity contribution in [3.63, 3.8) is 0 Å². The molecule has 0 unspecified atom stereocenters. The molecule has 1 aromatic rings. The molecule has 2 amide bonds. The van der Waals surface area contributed by atoms with Crippen molar-refractivity contribution in [2.24, 2.45) is 23.7 Å². The molecule has 50 heavy (non-hydrogen) atoms. The number of carbonyl (C=O) groups excluding carboxylic acids is 5. The second-order valence-electron chi connectivity index (χ2n) is 13.5. The zero-order chi connectivity index (χ0) is 37.3. The molecule has 0 saturated heterocycles. The maximum absolute atomic E-state index is 13.9. The first kappa shape index (κ1) is 39.5. The minimum atomic E-state index is -1.09. The fraction of sp³-hybridized carbons (Fsp3) is 0.436. The number of aromatic carboxylic acids is 1. The van der Waals surface area contributed by atoms with Crippen LogP contribution < -0.4 is 10.6 Å². The molecule has 11 nitrogen and oxygen atoms in total. The minimum absolute atomic E-state index is 0.0336. The lowest BCUT2D eigenvalue weighted by Gasteiger charge is -2.28. The van der Waals surface area contributed by atoms with Gasteiger partial charge in [0.2, 0.25) is 11.7 Å². The van der Waals surface area contributed by atoms with Crippen molar-refractivity contribution in [2.75, 3.05) is 5.32 Å². The van der Waals surface area contributed by atoms with Crippen molar-refractivity contribution in [3.05, 3.63) is 88.2 Å². The number of fused-ring (bicyclic) bond motifs is 2. The Morgan fingerprint density at radius 2 is 1.66 bits per heavy atom. The Balaban J connectivity index is 1.94. The van der Waals surface area contributed by atoms with Gasteiger partial charge in [-0.05, 0) is 74.8 Å². The lowest BCUT2D eigenvalue weighted by atomic mass is 9.80. The summed E-state index contributed by atoms with van der Waals surface area (Å²) in [4.78, 5) is 76.4. The van der Waals surface area contributed by atoms with Crippen molar-refractivity contribution in [3.8, 4) is 0 Å². The van der Waals surface area contributed by atoms with Crippen LogP contribution in [0.25, 0.3) is 0 Å². The number of carboxylic acids is 1. The van der Waals surface area contributed by atoms with E-state index in [2.05, 4.69) is 10.6 Å². The smallest absolute Gasteiger partial charge is 0.335 e. The number of hydrogen-bond donors (Lipinski definition) is 4. The van der Waals surface area contributed by atoms with Gasteiger partial charge in [0.05, 0.1) is 17.4 Å². The molecule has 0 aromatic heterocycles. The van der Waals surface area contributed by atoms with Gasteiger partial charge < -0.3 is 25.6 Å². The lowest BCUT2D eigenvalue weighted by Crippen LogP contribution is -2.33. The van der Waals surface area contributed by atoms with Crippen molar-refractivity contribution >= 4 is 41.0 Å². The summed E-state index contributed by atoms with van der Waals surface area (Å²) >= 11 is 0. The standard InChI is InChI=1S/C39H48N2O9/c1-21-17-24(4)35(45)25(5)19-26(6)37(50-27(7)42)22(2)9-8-10-23(3)38(47)41-32-20-33(43)30(31(18-21)36(32)46)15-16-34(44)40-29-13-11-28(12-14-29)39(48)49/h8-14,19-22,24-25,35,37,45H,15-18H2,1-7H3,(H,40,44)(H,41,47)(H,48,49)/b9-8-,23-10+,26-19+/t21-,22-,24-,25-,35-,37+/m0/s1. The van der Waals surface area contributed by atoms with Crippen molar-refractivity contribution in [1.29, 1.82) is 0 Å². The largest absolute Gasteiger partial charge is 0.478 e. The van der Waals surface area contributed by atoms with Crippen LogP contribution in [0.1, 0.15) is 84.5 Å². The summed E-state index contributed by atoms with van der Waals surface area (Å²) in [7, 11) is 0. The number of rotatable bonds is 6. The molecule has 1 heterocycles. The predicted molar refractivity (Wildman–Crippen MR) is 189 cm³/mol. The van der Waals surface area contributed by atoms with Gasteiger partial charge in [-0.15, -0.1) is 0 Å². The number of ether oxygens (including phenoxy) is 1. The Bertz CT molecular complexity index is 1660. The monoisotopic (exact) mass is 688 g/mol. The van der Waals surface area contributed by atoms with E-state index in [9.17, 15) is 33.9 Å². The summed E-state index contributed by atoms with van der Waals surface area (Å²) in [5.41, 5.74) is 1.74. The minimum Gasteiger partial charge on any atom is -0.478 e. The third-order valence-corrected chi connectivity index (χ3v) is 9.03. The van der Waals surface area contributed by atoms with E-state index in [1.165, 1.54) is 31.2 Å². The van der Waals surface area contributed by atoms with Crippen LogP contribution in [0.2, 0.25) is 0 Å². The van der Waals surface area contributed by atoms with Gasteiger partial charge in [0.15, 0.2) is 5.78 Å². The number of anilines is 1. The van der Waals surface area contributed by atoms with Gasteiger partial charge in [-0.3, -0.25) is 24.0 Å². The second kappa shape index (κ2) is 17.7. The predicted octanol–water partition coefficient (Wildman–Crippen LogP) is 5.63. The summed E-state index contributed by atoms with van der Waals surface area (Å²) < 4.78 is 5.64. The molecular weight excluding hydrogens is 640 g/mol. The Labute approximate surface area is 293 Å². The SMILES string of the molecule is CC(=O)O[C@H]1/C(C)=C/[C@H](C)[C@@H](O)[C@@H](C)C[C@H](C)CC2=C(CCC(=O)Nc3ccc(C(=O)O)cc3)C(=O)C=C(NC(=O)/C(C)=C/C=C\[C@@H]1C)C2=O. The van der Waals surface area contributed by atoms with Gasteiger partial charge in [-0.1, -0.05) is 52.0 Å². The summed E-state index contributed by atoms with van der Waals surface area (Å²) in [5, 5.41) is 25.7. The van der Waals surface area contributed by atoms with Crippen LogP contribution in [-0.2, 0) is 28.7 Å². The Kier molecular flexibility index (Phi) is 14.0. The fourth-order valence-electron chi connectivity index (χ4n) is 6.37. The number of carbonyl (C=O) groups is 6. The van der Waals surface area contributed by atoms with Crippen molar-refractivity contribution < 1.29 is 43.7 Å². The number of aliphatic hydroxyl groups excluding tert-OH is 1. The van der Waals surface area contributed by atoms with E-state index in [-0.39, 0.29) is 70.9 Å². The van der Waals surface area contributed by atoms with Crippen LogP contribution in [0.3, 0.4) is 0 Å². The summed E-state index contributed by atoms with van der Waals surface area (Å²) in [5.74, 6) is -4.48. The summed E-state index contributed by atoms with van der Waals surface area (Å²) in [6.45, 7) is 12.4. The molecule has 2 aliphatic rings. The number of hydrogen-bond acceptors (Lipinski definition) is 8. The van der Waals surface area contributed by atoms with Crippen LogP contribution in [0.4, 0.5) is 5.69 Å². The number of ketones is 2. The Morgan fingerprint density at radius 3 is 2.28 bits per heavy atom. The van der Waals surface area contributed by atoms with Crippen LogP contribution in [0, 0.1) is 23.7 Å². The summed E-state index contributed by atoms with van der Waals surface area (Å²) in [6.07, 6.45) is 7.19. The van der Waals surface area contributed by atoms with Gasteiger partial charge >= 0.3 is 11.9 Å².